The van der Waals surface area contributed by atoms with Gasteiger partial charge in [0.05, 0.1) is 13.2 Å². The molecule has 2 unspecified atom stereocenters. The molecule has 1 fully saturated rings. The Kier molecular flexibility index (Phi) is 4.70. The Morgan fingerprint density at radius 2 is 2.16 bits per heavy atom. The van der Waals surface area contributed by atoms with E-state index >= 15 is 0 Å². The molecule has 2 rings (SSSR count). The van der Waals surface area contributed by atoms with E-state index in [0.717, 1.165) is 25.2 Å². The number of benzene rings is 1. The summed E-state index contributed by atoms with van der Waals surface area (Å²) in [6.07, 6.45) is 2.54. The van der Waals surface area contributed by atoms with Crippen LogP contribution in [0.4, 0.5) is 5.69 Å². The van der Waals surface area contributed by atoms with Gasteiger partial charge in [0.2, 0.25) is 0 Å². The number of ether oxygens (including phenoxy) is 2. The van der Waals surface area contributed by atoms with Crippen LogP contribution in [-0.4, -0.2) is 25.9 Å². The molecule has 3 heteroatoms. The van der Waals surface area contributed by atoms with Gasteiger partial charge < -0.3 is 14.8 Å². The minimum atomic E-state index is 0.379. The van der Waals surface area contributed by atoms with Crippen LogP contribution >= 0.6 is 0 Å². The lowest BCUT2D eigenvalue weighted by molar-refractivity contribution is -0.0160. The normalized spacial score (nSPS) is 23.4. The van der Waals surface area contributed by atoms with Crippen LogP contribution in [0.2, 0.25) is 0 Å². The number of anilines is 1. The van der Waals surface area contributed by atoms with Crippen LogP contribution in [0.3, 0.4) is 0 Å². The van der Waals surface area contributed by atoms with Gasteiger partial charge in [0.15, 0.2) is 0 Å². The highest BCUT2D eigenvalue weighted by molar-refractivity contribution is 5.54. The number of hydrogen-bond donors (Lipinski definition) is 1. The summed E-state index contributed by atoms with van der Waals surface area (Å²) in [5, 5.41) is 3.65. The molecule has 106 valence electrons. The summed E-state index contributed by atoms with van der Waals surface area (Å²) in [5.74, 6) is 1.50. The first-order valence-electron chi connectivity index (χ1n) is 7.13. The molecule has 1 heterocycles. The average molecular weight is 263 g/mol. The smallest absolute Gasteiger partial charge is 0.119 e. The van der Waals surface area contributed by atoms with Gasteiger partial charge in [0, 0.05) is 18.3 Å². The van der Waals surface area contributed by atoms with E-state index in [0.29, 0.717) is 18.1 Å². The van der Waals surface area contributed by atoms with Crippen LogP contribution in [-0.2, 0) is 4.74 Å². The van der Waals surface area contributed by atoms with Gasteiger partial charge in [-0.05, 0) is 49.4 Å². The number of rotatable bonds is 4. The molecule has 1 aromatic carbocycles. The third-order valence-corrected chi connectivity index (χ3v) is 3.85. The molecule has 19 heavy (non-hydrogen) atoms. The van der Waals surface area contributed by atoms with Gasteiger partial charge >= 0.3 is 0 Å². The van der Waals surface area contributed by atoms with Gasteiger partial charge in [0.1, 0.15) is 5.75 Å². The lowest BCUT2D eigenvalue weighted by Crippen LogP contribution is -2.36. The zero-order chi connectivity index (χ0) is 13.8. The van der Waals surface area contributed by atoms with Crippen molar-refractivity contribution >= 4 is 5.69 Å². The molecule has 1 N–H and O–H groups in total. The fourth-order valence-electron chi connectivity index (χ4n) is 2.57. The maximum Gasteiger partial charge on any atom is 0.119 e. The zero-order valence-corrected chi connectivity index (χ0v) is 12.4. The van der Waals surface area contributed by atoms with E-state index in [2.05, 4.69) is 38.2 Å². The van der Waals surface area contributed by atoms with Crippen molar-refractivity contribution in [2.45, 2.75) is 45.8 Å². The van der Waals surface area contributed by atoms with Crippen LogP contribution in [0.25, 0.3) is 0 Å². The van der Waals surface area contributed by atoms with Gasteiger partial charge in [-0.3, -0.25) is 0 Å². The van der Waals surface area contributed by atoms with E-state index in [1.807, 2.05) is 6.07 Å². The maximum absolute atomic E-state index is 5.81. The summed E-state index contributed by atoms with van der Waals surface area (Å²) in [6.45, 7) is 7.43. The van der Waals surface area contributed by atoms with Crippen LogP contribution in [0.5, 0.6) is 5.75 Å². The summed E-state index contributed by atoms with van der Waals surface area (Å²) in [5.41, 5.74) is 2.43. The molecule has 2 atom stereocenters. The first kappa shape index (κ1) is 14.2. The third kappa shape index (κ3) is 3.63. The molecule has 0 saturated carbocycles. The molecule has 1 aliphatic rings. The highest BCUT2D eigenvalue weighted by atomic mass is 16.5. The fraction of sp³-hybridized carbons (Fsp3) is 0.625. The molecular formula is C16H25NO2. The molecule has 3 nitrogen and oxygen atoms in total. The first-order valence-corrected chi connectivity index (χ1v) is 7.13. The van der Waals surface area contributed by atoms with Gasteiger partial charge in [-0.25, -0.2) is 0 Å². The number of aryl methyl sites for hydroxylation is 1. The summed E-state index contributed by atoms with van der Waals surface area (Å²) >= 11 is 0. The van der Waals surface area contributed by atoms with Crippen LogP contribution in [0.15, 0.2) is 18.2 Å². The molecule has 0 radical (unpaired) electrons. The van der Waals surface area contributed by atoms with Crippen molar-refractivity contribution in [3.63, 3.8) is 0 Å². The third-order valence-electron chi connectivity index (χ3n) is 3.85. The van der Waals surface area contributed by atoms with Crippen molar-refractivity contribution in [2.24, 2.45) is 5.92 Å². The number of hydrogen-bond acceptors (Lipinski definition) is 3. The second kappa shape index (κ2) is 6.29. The predicted molar refractivity (Wildman–Crippen MR) is 79.0 cm³/mol. The molecule has 0 aromatic heterocycles. The van der Waals surface area contributed by atoms with E-state index in [9.17, 15) is 0 Å². The SMILES string of the molecule is COc1ccc(NC2CCOC(C(C)C)C2)c(C)c1. The second-order valence-corrected chi connectivity index (χ2v) is 5.70. The minimum Gasteiger partial charge on any atom is -0.497 e. The van der Waals surface area contributed by atoms with E-state index in [1.165, 1.54) is 11.3 Å². The molecule has 0 bridgehead atoms. The Morgan fingerprint density at radius 3 is 2.79 bits per heavy atom. The number of nitrogens with one attached hydrogen (secondary N) is 1. The first-order chi connectivity index (χ1) is 9.10. The Bertz CT molecular complexity index is 417. The summed E-state index contributed by atoms with van der Waals surface area (Å²) < 4.78 is 11.1. The molecule has 0 amide bonds. The maximum atomic E-state index is 5.81. The highest BCUT2D eigenvalue weighted by Gasteiger charge is 2.24. The van der Waals surface area contributed by atoms with E-state index in [-0.39, 0.29) is 0 Å². The van der Waals surface area contributed by atoms with Gasteiger partial charge in [-0.15, -0.1) is 0 Å². The van der Waals surface area contributed by atoms with Crippen molar-refractivity contribution in [1.29, 1.82) is 0 Å². The molecule has 0 aliphatic carbocycles. The van der Waals surface area contributed by atoms with Crippen LogP contribution < -0.4 is 10.1 Å². The Balaban J connectivity index is 2.00. The van der Waals surface area contributed by atoms with E-state index < -0.39 is 0 Å². The Morgan fingerprint density at radius 1 is 1.37 bits per heavy atom. The van der Waals surface area contributed by atoms with Crippen LogP contribution in [0, 0.1) is 12.8 Å². The summed E-state index contributed by atoms with van der Waals surface area (Å²) in [4.78, 5) is 0. The molecule has 1 aliphatic heterocycles. The predicted octanol–water partition coefficient (Wildman–Crippen LogP) is 3.62. The Hall–Kier alpha value is -1.22. The fourth-order valence-corrected chi connectivity index (χ4v) is 2.57. The summed E-state index contributed by atoms with van der Waals surface area (Å²) in [7, 11) is 1.70. The van der Waals surface area contributed by atoms with Crippen molar-refractivity contribution in [1.82, 2.24) is 0 Å². The van der Waals surface area contributed by atoms with Crippen molar-refractivity contribution in [3.05, 3.63) is 23.8 Å². The lowest BCUT2D eigenvalue weighted by atomic mass is 9.95. The van der Waals surface area contributed by atoms with E-state index in [1.54, 1.807) is 7.11 Å². The average Bonchev–Trinajstić information content (AvgIpc) is 2.41. The van der Waals surface area contributed by atoms with Gasteiger partial charge in [-0.2, -0.15) is 0 Å². The largest absolute Gasteiger partial charge is 0.497 e. The topological polar surface area (TPSA) is 30.5 Å². The van der Waals surface area contributed by atoms with E-state index in [4.69, 9.17) is 9.47 Å². The molecule has 0 spiro atoms. The summed E-state index contributed by atoms with van der Waals surface area (Å²) in [6, 6.07) is 6.69. The van der Waals surface area contributed by atoms with Crippen LogP contribution in [0.1, 0.15) is 32.3 Å². The zero-order valence-electron chi connectivity index (χ0n) is 12.4. The second-order valence-electron chi connectivity index (χ2n) is 5.70. The Labute approximate surface area is 116 Å². The molecular weight excluding hydrogens is 238 g/mol. The van der Waals surface area contributed by atoms with Crippen molar-refractivity contribution in [3.8, 4) is 5.75 Å². The van der Waals surface area contributed by atoms with Crippen molar-refractivity contribution in [2.75, 3.05) is 19.0 Å². The van der Waals surface area contributed by atoms with Gasteiger partial charge in [0.25, 0.3) is 0 Å². The van der Waals surface area contributed by atoms with Gasteiger partial charge in [-0.1, -0.05) is 13.8 Å². The quantitative estimate of drug-likeness (QED) is 0.900. The lowest BCUT2D eigenvalue weighted by Gasteiger charge is -2.33. The van der Waals surface area contributed by atoms with Crippen molar-refractivity contribution < 1.29 is 9.47 Å². The molecule has 1 aromatic rings. The monoisotopic (exact) mass is 263 g/mol. The molecule has 1 saturated heterocycles. The minimum absolute atomic E-state index is 0.379. The number of methoxy groups -OCH3 is 1. The highest BCUT2D eigenvalue weighted by Crippen LogP contribution is 2.26. The standard InChI is InChI=1S/C16H25NO2/c1-11(2)16-10-13(7-8-19-16)17-15-6-5-14(18-4)9-12(15)3/h5-6,9,11,13,16-17H,7-8,10H2,1-4H3.